The number of aliphatic hydroxyl groups excluding tert-OH is 5. The second kappa shape index (κ2) is 16.6. The number of ether oxygens (including phenoxy) is 1. The van der Waals surface area contributed by atoms with Crippen LogP contribution in [0.25, 0.3) is 0 Å². The molecule has 1 aliphatic carbocycles. The van der Waals surface area contributed by atoms with E-state index >= 15 is 0 Å². The molecule has 1 saturated carbocycles. The van der Waals surface area contributed by atoms with Gasteiger partial charge in [0.05, 0.1) is 43.2 Å². The van der Waals surface area contributed by atoms with E-state index in [1.807, 2.05) is 4.90 Å². The highest BCUT2D eigenvalue weighted by molar-refractivity contribution is 6.30. The van der Waals surface area contributed by atoms with Gasteiger partial charge in [-0.05, 0) is 61.5 Å². The number of aromatic nitrogens is 2. The average molecular weight is 680 g/mol. The second-order valence-corrected chi connectivity index (χ2v) is 13.6. The van der Waals surface area contributed by atoms with Crippen molar-refractivity contribution < 1.29 is 39.5 Å². The molecule has 2 aliphatic heterocycles. The number of amides is 1. The van der Waals surface area contributed by atoms with E-state index in [9.17, 15) is 29.6 Å². The Labute approximate surface area is 279 Å². The van der Waals surface area contributed by atoms with Gasteiger partial charge in [0.1, 0.15) is 29.9 Å². The summed E-state index contributed by atoms with van der Waals surface area (Å²) in [5, 5.41) is 49.0. The van der Waals surface area contributed by atoms with Crippen molar-refractivity contribution in [3.8, 4) is 5.75 Å². The Morgan fingerprint density at radius 1 is 0.957 bits per heavy atom. The number of nitrogens with zero attached hydrogens (tertiary/aromatic N) is 5. The van der Waals surface area contributed by atoms with Crippen LogP contribution in [0.5, 0.6) is 5.75 Å². The van der Waals surface area contributed by atoms with E-state index in [0.717, 1.165) is 50.1 Å². The molecule has 2 saturated heterocycles. The molecule has 47 heavy (non-hydrogen) atoms. The van der Waals surface area contributed by atoms with Crippen molar-refractivity contribution in [3.63, 3.8) is 0 Å². The number of halogens is 2. The zero-order valence-corrected chi connectivity index (χ0v) is 27.3. The van der Waals surface area contributed by atoms with Gasteiger partial charge < -0.3 is 40.1 Å². The molecule has 0 radical (unpaired) electrons. The first-order chi connectivity index (χ1) is 22.6. The molecule has 14 heteroatoms. The molecule has 260 valence electrons. The second-order valence-electron chi connectivity index (χ2n) is 13.2. The van der Waals surface area contributed by atoms with Gasteiger partial charge in [0.15, 0.2) is 0 Å². The molecule has 3 aliphatic rings. The maximum absolute atomic E-state index is 14.9. The number of piperidine rings is 1. The average Bonchev–Trinajstić information content (AvgIpc) is 3.06. The summed E-state index contributed by atoms with van der Waals surface area (Å²) < 4.78 is 20.8. The van der Waals surface area contributed by atoms with Crippen LogP contribution in [-0.2, 0) is 11.2 Å². The van der Waals surface area contributed by atoms with Gasteiger partial charge in [-0.25, -0.2) is 14.4 Å². The van der Waals surface area contributed by atoms with Crippen molar-refractivity contribution >= 4 is 23.5 Å². The molecule has 0 spiro atoms. The van der Waals surface area contributed by atoms with E-state index in [0.29, 0.717) is 55.0 Å². The summed E-state index contributed by atoms with van der Waals surface area (Å²) in [4.78, 5) is 27.3. The largest absolute Gasteiger partial charge is 0.493 e. The fourth-order valence-electron chi connectivity index (χ4n) is 6.94. The Balaban J connectivity index is 0.962. The molecule has 0 bridgehead atoms. The highest BCUT2D eigenvalue weighted by Gasteiger charge is 2.37. The summed E-state index contributed by atoms with van der Waals surface area (Å²) in [5.41, 5.74) is 0.301. The fraction of sp³-hybridized carbons (Fsp3) is 0.667. The number of hydrogen-bond donors (Lipinski definition) is 5. The van der Waals surface area contributed by atoms with E-state index in [2.05, 4.69) is 14.9 Å². The molecule has 5 rings (SSSR count). The first kappa shape index (κ1) is 35.7. The van der Waals surface area contributed by atoms with E-state index in [4.69, 9.17) is 21.4 Å². The predicted octanol–water partition coefficient (Wildman–Crippen LogP) is 1.10. The molecule has 1 amide bonds. The molecular weight excluding hydrogens is 633 g/mol. The molecule has 2 aromatic rings. The first-order valence-corrected chi connectivity index (χ1v) is 17.0. The van der Waals surface area contributed by atoms with Crippen molar-refractivity contribution in [2.24, 2.45) is 17.8 Å². The SMILES string of the molecule is O=C(Cc1ccc(OCCC2CC(C3CCN(c4ncc(Cl)cn4)CC3)C2)cc1F)N1CCN(C[C@H](O)[C@@H](O)[C@H](O)[C@H](O)CO)CC1. The minimum absolute atomic E-state index is 0.0250. The standard InChI is InChI=1S/C33H47ClFN5O7/c34-25-17-36-33(37-18-25)40-6-3-22(4-7-40)24-13-21(14-24)5-12-47-26-2-1-23(27(35)16-26)15-30(44)39-10-8-38(9-11-39)19-28(42)31(45)32(46)29(43)20-41/h1-2,16-18,21-22,24,28-29,31-32,41-43,45-46H,3-15,19-20H2/t21?,24?,28-,29+,31+,32+/m0/s1. The monoisotopic (exact) mass is 679 g/mol. The van der Waals surface area contributed by atoms with E-state index in [1.54, 1.807) is 29.4 Å². The highest BCUT2D eigenvalue weighted by Crippen LogP contribution is 2.44. The molecule has 12 nitrogen and oxygen atoms in total. The van der Waals surface area contributed by atoms with Crippen molar-refractivity contribution in [1.82, 2.24) is 19.8 Å². The molecular formula is C33H47ClFN5O7. The smallest absolute Gasteiger partial charge is 0.227 e. The van der Waals surface area contributed by atoms with Crippen molar-refractivity contribution in [2.45, 2.75) is 62.9 Å². The first-order valence-electron chi connectivity index (χ1n) is 16.6. The molecule has 3 fully saturated rings. The number of piperazine rings is 1. The van der Waals surface area contributed by atoms with Gasteiger partial charge in [0.2, 0.25) is 11.9 Å². The highest BCUT2D eigenvalue weighted by atomic mass is 35.5. The maximum Gasteiger partial charge on any atom is 0.227 e. The lowest BCUT2D eigenvalue weighted by Gasteiger charge is -2.44. The lowest BCUT2D eigenvalue weighted by molar-refractivity contribution is -0.134. The minimum atomic E-state index is -1.68. The number of hydrogen-bond acceptors (Lipinski definition) is 11. The topological polar surface area (TPSA) is 163 Å². The van der Waals surface area contributed by atoms with Crippen LogP contribution >= 0.6 is 11.6 Å². The summed E-state index contributed by atoms with van der Waals surface area (Å²) in [7, 11) is 0. The summed E-state index contributed by atoms with van der Waals surface area (Å²) in [6.07, 6.45) is 2.61. The van der Waals surface area contributed by atoms with Gasteiger partial charge in [0, 0.05) is 51.9 Å². The predicted molar refractivity (Wildman–Crippen MR) is 173 cm³/mol. The number of β-amino-alcohol motifs (C(OH)–C–C–N with tert-alkyl or cyclic N) is 1. The van der Waals surface area contributed by atoms with E-state index < -0.39 is 36.8 Å². The molecule has 4 atom stereocenters. The molecule has 3 heterocycles. The van der Waals surface area contributed by atoms with Gasteiger partial charge in [-0.1, -0.05) is 17.7 Å². The van der Waals surface area contributed by atoms with Gasteiger partial charge in [-0.3, -0.25) is 9.69 Å². The van der Waals surface area contributed by atoms with Gasteiger partial charge in [-0.2, -0.15) is 0 Å². The number of carbonyl (C=O) groups excluding carboxylic acids is 1. The van der Waals surface area contributed by atoms with E-state index in [-0.39, 0.29) is 18.9 Å². The lowest BCUT2D eigenvalue weighted by atomic mass is 9.65. The number of anilines is 1. The zero-order valence-electron chi connectivity index (χ0n) is 26.6. The Hall–Kier alpha value is -2.65. The zero-order chi connectivity index (χ0) is 33.5. The van der Waals surface area contributed by atoms with Crippen molar-refractivity contribution in [3.05, 3.63) is 47.0 Å². The maximum atomic E-state index is 14.9. The van der Waals surface area contributed by atoms with Crippen LogP contribution in [0.2, 0.25) is 5.02 Å². The Morgan fingerprint density at radius 2 is 1.62 bits per heavy atom. The van der Waals surface area contributed by atoms with Crippen LogP contribution in [0.3, 0.4) is 0 Å². The molecule has 0 unspecified atom stereocenters. The third kappa shape index (κ3) is 9.50. The van der Waals surface area contributed by atoms with Crippen LogP contribution in [0.1, 0.15) is 37.7 Å². The summed E-state index contributed by atoms with van der Waals surface area (Å²) >= 11 is 5.91. The Morgan fingerprint density at radius 3 is 2.26 bits per heavy atom. The van der Waals surface area contributed by atoms with Crippen molar-refractivity contribution in [1.29, 1.82) is 0 Å². The Bertz CT molecular complexity index is 1290. The Kier molecular flexibility index (Phi) is 12.6. The number of aliphatic hydroxyl groups is 5. The van der Waals surface area contributed by atoms with Crippen LogP contribution in [-0.4, -0.2) is 135 Å². The normalized spacial score (nSPS) is 23.6. The van der Waals surface area contributed by atoms with Gasteiger partial charge in [0.25, 0.3) is 0 Å². The lowest BCUT2D eigenvalue weighted by Crippen LogP contribution is -2.54. The third-order valence-electron chi connectivity index (χ3n) is 10.0. The molecule has 1 aromatic carbocycles. The third-order valence-corrected chi connectivity index (χ3v) is 10.2. The van der Waals surface area contributed by atoms with Gasteiger partial charge in [-0.15, -0.1) is 0 Å². The molecule has 5 N–H and O–H groups in total. The number of carbonyl (C=O) groups is 1. The minimum Gasteiger partial charge on any atom is -0.493 e. The molecule has 1 aromatic heterocycles. The quantitative estimate of drug-likeness (QED) is 0.194. The van der Waals surface area contributed by atoms with Crippen LogP contribution in [0.15, 0.2) is 30.6 Å². The fourth-order valence-corrected chi connectivity index (χ4v) is 7.04. The van der Waals surface area contributed by atoms with Crippen LogP contribution in [0, 0.1) is 23.6 Å². The number of rotatable bonds is 14. The summed E-state index contributed by atoms with van der Waals surface area (Å²) in [6.45, 7) is 3.31. The number of benzene rings is 1. The van der Waals surface area contributed by atoms with Crippen LogP contribution in [0.4, 0.5) is 10.3 Å². The van der Waals surface area contributed by atoms with E-state index in [1.165, 1.54) is 18.9 Å². The van der Waals surface area contributed by atoms with Crippen LogP contribution < -0.4 is 9.64 Å². The van der Waals surface area contributed by atoms with Gasteiger partial charge >= 0.3 is 0 Å². The van der Waals surface area contributed by atoms with Crippen molar-refractivity contribution in [2.75, 3.05) is 63.9 Å². The summed E-state index contributed by atoms with van der Waals surface area (Å²) in [6, 6.07) is 4.65. The summed E-state index contributed by atoms with van der Waals surface area (Å²) in [5.74, 6) is 2.62.